The molecule has 1 aliphatic carbocycles. The number of likely N-dealkylation sites (N-methyl/N-ethyl adjacent to an activating group) is 1. The van der Waals surface area contributed by atoms with Gasteiger partial charge in [-0.3, -0.25) is 0 Å². The van der Waals surface area contributed by atoms with Gasteiger partial charge in [-0.25, -0.2) is 0 Å². The van der Waals surface area contributed by atoms with E-state index < -0.39 is 0 Å². The summed E-state index contributed by atoms with van der Waals surface area (Å²) in [6.45, 7) is 10.0. The molecule has 1 aliphatic rings. The van der Waals surface area contributed by atoms with Crippen LogP contribution in [0.2, 0.25) is 0 Å². The molecule has 1 aromatic carbocycles. The SMILES string of the molecule is CCNC1C(Oc2ccccc2C)CCCC1(C)C. The van der Waals surface area contributed by atoms with E-state index in [1.165, 1.54) is 18.4 Å². The maximum atomic E-state index is 6.32. The Kier molecular flexibility index (Phi) is 4.51. The van der Waals surface area contributed by atoms with E-state index in [2.05, 4.69) is 57.3 Å². The molecule has 2 unspecified atom stereocenters. The van der Waals surface area contributed by atoms with Gasteiger partial charge in [-0.05, 0) is 49.8 Å². The van der Waals surface area contributed by atoms with Crippen molar-refractivity contribution < 1.29 is 4.74 Å². The molecule has 19 heavy (non-hydrogen) atoms. The maximum Gasteiger partial charge on any atom is 0.122 e. The number of hydrogen-bond donors (Lipinski definition) is 1. The summed E-state index contributed by atoms with van der Waals surface area (Å²) >= 11 is 0. The van der Waals surface area contributed by atoms with E-state index in [9.17, 15) is 0 Å². The van der Waals surface area contributed by atoms with Crippen molar-refractivity contribution in [2.24, 2.45) is 5.41 Å². The molecule has 2 rings (SSSR count). The van der Waals surface area contributed by atoms with Crippen molar-refractivity contribution in [3.05, 3.63) is 29.8 Å². The monoisotopic (exact) mass is 261 g/mol. The Hall–Kier alpha value is -1.02. The summed E-state index contributed by atoms with van der Waals surface area (Å²) in [5.74, 6) is 1.04. The Morgan fingerprint density at radius 2 is 2.05 bits per heavy atom. The second-order valence-electron chi connectivity index (χ2n) is 6.34. The fourth-order valence-electron chi connectivity index (χ4n) is 3.19. The minimum Gasteiger partial charge on any atom is -0.489 e. The number of nitrogens with one attached hydrogen (secondary N) is 1. The van der Waals surface area contributed by atoms with Gasteiger partial charge in [-0.1, -0.05) is 39.0 Å². The molecule has 0 radical (unpaired) electrons. The Balaban J connectivity index is 2.15. The third kappa shape index (κ3) is 3.30. The van der Waals surface area contributed by atoms with Crippen LogP contribution in [0.1, 0.15) is 45.6 Å². The van der Waals surface area contributed by atoms with Crippen LogP contribution in [-0.2, 0) is 0 Å². The van der Waals surface area contributed by atoms with E-state index in [1.54, 1.807) is 0 Å². The minimum absolute atomic E-state index is 0.282. The van der Waals surface area contributed by atoms with E-state index in [4.69, 9.17) is 4.74 Å². The van der Waals surface area contributed by atoms with Crippen LogP contribution in [-0.4, -0.2) is 18.7 Å². The van der Waals surface area contributed by atoms with Gasteiger partial charge in [-0.2, -0.15) is 0 Å². The maximum absolute atomic E-state index is 6.32. The predicted octanol–water partition coefficient (Wildman–Crippen LogP) is 3.93. The highest BCUT2D eigenvalue weighted by molar-refractivity contribution is 5.32. The molecule has 1 N–H and O–H groups in total. The number of benzene rings is 1. The van der Waals surface area contributed by atoms with Gasteiger partial charge in [0.05, 0.1) is 0 Å². The van der Waals surface area contributed by atoms with E-state index in [0.717, 1.165) is 18.7 Å². The average Bonchev–Trinajstić information content (AvgIpc) is 2.36. The lowest BCUT2D eigenvalue weighted by atomic mass is 9.71. The zero-order chi connectivity index (χ0) is 13.9. The highest BCUT2D eigenvalue weighted by Gasteiger charge is 2.39. The first-order valence-corrected chi connectivity index (χ1v) is 7.50. The van der Waals surface area contributed by atoms with Gasteiger partial charge in [0.1, 0.15) is 11.9 Å². The summed E-state index contributed by atoms with van der Waals surface area (Å²) in [6, 6.07) is 8.75. The van der Waals surface area contributed by atoms with Gasteiger partial charge in [0, 0.05) is 6.04 Å². The molecule has 2 heteroatoms. The molecule has 2 atom stereocenters. The van der Waals surface area contributed by atoms with Crippen molar-refractivity contribution >= 4 is 0 Å². The Morgan fingerprint density at radius 3 is 2.74 bits per heavy atom. The van der Waals surface area contributed by atoms with Gasteiger partial charge in [0.25, 0.3) is 0 Å². The van der Waals surface area contributed by atoms with Crippen LogP contribution in [0.15, 0.2) is 24.3 Å². The minimum atomic E-state index is 0.282. The summed E-state index contributed by atoms with van der Waals surface area (Å²) in [6.07, 6.45) is 3.96. The van der Waals surface area contributed by atoms with E-state index in [0.29, 0.717) is 11.5 Å². The summed E-state index contributed by atoms with van der Waals surface area (Å²) < 4.78 is 6.32. The van der Waals surface area contributed by atoms with Crippen LogP contribution in [0.3, 0.4) is 0 Å². The van der Waals surface area contributed by atoms with Crippen molar-refractivity contribution in [3.8, 4) is 5.75 Å². The second kappa shape index (κ2) is 5.96. The van der Waals surface area contributed by atoms with E-state index in [1.807, 2.05) is 0 Å². The molecule has 0 heterocycles. The van der Waals surface area contributed by atoms with Crippen LogP contribution >= 0.6 is 0 Å². The number of aryl methyl sites for hydroxylation is 1. The third-order valence-electron chi connectivity index (χ3n) is 4.32. The predicted molar refractivity (Wildman–Crippen MR) is 80.7 cm³/mol. The van der Waals surface area contributed by atoms with Crippen LogP contribution in [0.25, 0.3) is 0 Å². The first-order valence-electron chi connectivity index (χ1n) is 7.50. The van der Waals surface area contributed by atoms with Crippen molar-refractivity contribution in [1.29, 1.82) is 0 Å². The summed E-state index contributed by atoms with van der Waals surface area (Å²) in [7, 11) is 0. The Morgan fingerprint density at radius 1 is 1.32 bits per heavy atom. The lowest BCUT2D eigenvalue weighted by molar-refractivity contribution is 0.0368. The molecule has 2 nitrogen and oxygen atoms in total. The number of ether oxygens (including phenoxy) is 1. The average molecular weight is 261 g/mol. The summed E-state index contributed by atoms with van der Waals surface area (Å²) in [5, 5.41) is 3.64. The molecule has 0 amide bonds. The highest BCUT2D eigenvalue weighted by atomic mass is 16.5. The summed E-state index contributed by atoms with van der Waals surface area (Å²) in [5.41, 5.74) is 1.53. The lowest BCUT2D eigenvalue weighted by Gasteiger charge is -2.44. The first-order chi connectivity index (χ1) is 9.04. The third-order valence-corrected chi connectivity index (χ3v) is 4.32. The second-order valence-corrected chi connectivity index (χ2v) is 6.34. The Bertz CT molecular complexity index is 413. The van der Waals surface area contributed by atoms with Crippen LogP contribution in [0.5, 0.6) is 5.75 Å². The topological polar surface area (TPSA) is 21.3 Å². The fraction of sp³-hybridized carbons (Fsp3) is 0.647. The quantitative estimate of drug-likeness (QED) is 0.886. The zero-order valence-electron chi connectivity index (χ0n) is 12.7. The molecule has 1 saturated carbocycles. The fourth-order valence-corrected chi connectivity index (χ4v) is 3.19. The molecular formula is C17H27NO. The largest absolute Gasteiger partial charge is 0.489 e. The van der Waals surface area contributed by atoms with Crippen molar-refractivity contribution in [2.45, 2.75) is 59.1 Å². The summed E-state index contributed by atoms with van der Waals surface area (Å²) in [4.78, 5) is 0. The number of hydrogen-bond acceptors (Lipinski definition) is 2. The molecular weight excluding hydrogens is 234 g/mol. The van der Waals surface area contributed by atoms with Crippen molar-refractivity contribution in [1.82, 2.24) is 5.32 Å². The molecule has 0 saturated heterocycles. The zero-order valence-corrected chi connectivity index (χ0v) is 12.7. The standard InChI is InChI=1S/C17H27NO/c1-5-18-16-15(11-8-12-17(16,3)4)19-14-10-7-6-9-13(14)2/h6-7,9-10,15-16,18H,5,8,11-12H2,1-4H3. The molecule has 1 aromatic rings. The van der Waals surface area contributed by atoms with Gasteiger partial charge in [0.2, 0.25) is 0 Å². The molecule has 1 fully saturated rings. The van der Waals surface area contributed by atoms with Gasteiger partial charge >= 0.3 is 0 Å². The van der Waals surface area contributed by atoms with Gasteiger partial charge in [0.15, 0.2) is 0 Å². The van der Waals surface area contributed by atoms with Gasteiger partial charge < -0.3 is 10.1 Å². The number of rotatable bonds is 4. The van der Waals surface area contributed by atoms with E-state index in [-0.39, 0.29) is 6.10 Å². The molecule has 0 aliphatic heterocycles. The smallest absolute Gasteiger partial charge is 0.122 e. The molecule has 0 spiro atoms. The van der Waals surface area contributed by atoms with Gasteiger partial charge in [-0.15, -0.1) is 0 Å². The molecule has 0 aromatic heterocycles. The van der Waals surface area contributed by atoms with E-state index >= 15 is 0 Å². The van der Waals surface area contributed by atoms with Crippen LogP contribution < -0.4 is 10.1 Å². The lowest BCUT2D eigenvalue weighted by Crippen LogP contribution is -2.54. The van der Waals surface area contributed by atoms with Crippen LogP contribution in [0.4, 0.5) is 0 Å². The Labute approximate surface area is 117 Å². The normalized spacial score (nSPS) is 26.1. The molecule has 106 valence electrons. The number of para-hydroxylation sites is 1. The highest BCUT2D eigenvalue weighted by Crippen LogP contribution is 2.37. The first kappa shape index (κ1) is 14.4. The van der Waals surface area contributed by atoms with Crippen LogP contribution in [0, 0.1) is 12.3 Å². The van der Waals surface area contributed by atoms with Crippen molar-refractivity contribution in [2.75, 3.05) is 6.54 Å². The molecule has 0 bridgehead atoms. The van der Waals surface area contributed by atoms with Crippen molar-refractivity contribution in [3.63, 3.8) is 0 Å².